The van der Waals surface area contributed by atoms with Crippen LogP contribution in [-0.2, 0) is 13.1 Å². The van der Waals surface area contributed by atoms with E-state index in [-0.39, 0.29) is 0 Å². The van der Waals surface area contributed by atoms with Gasteiger partial charge in [-0.3, -0.25) is 0 Å². The van der Waals surface area contributed by atoms with Gasteiger partial charge in [-0.05, 0) is 41.8 Å². The SMILES string of the molecule is Cc1ccc(CNCc2ccc(O)cc2)c(Br)c1. The summed E-state index contributed by atoms with van der Waals surface area (Å²) in [5.41, 5.74) is 3.67. The Kier molecular flexibility index (Phi) is 4.39. The van der Waals surface area contributed by atoms with Crippen molar-refractivity contribution in [3.63, 3.8) is 0 Å². The summed E-state index contributed by atoms with van der Waals surface area (Å²) in [6.45, 7) is 3.70. The Balaban J connectivity index is 1.90. The molecule has 0 aliphatic carbocycles. The molecule has 2 aromatic carbocycles. The van der Waals surface area contributed by atoms with Crippen LogP contribution >= 0.6 is 15.9 Å². The van der Waals surface area contributed by atoms with Gasteiger partial charge in [0.2, 0.25) is 0 Å². The molecule has 0 heterocycles. The van der Waals surface area contributed by atoms with Gasteiger partial charge < -0.3 is 10.4 Å². The number of hydrogen-bond acceptors (Lipinski definition) is 2. The summed E-state index contributed by atoms with van der Waals surface area (Å²) in [6, 6.07) is 13.6. The third-order valence-corrected chi connectivity index (χ3v) is 3.53. The van der Waals surface area contributed by atoms with Gasteiger partial charge in [0.15, 0.2) is 0 Å². The van der Waals surface area contributed by atoms with Gasteiger partial charge >= 0.3 is 0 Å². The summed E-state index contributed by atoms with van der Waals surface area (Å²) in [6.07, 6.45) is 0. The molecule has 2 N–H and O–H groups in total. The topological polar surface area (TPSA) is 32.3 Å². The highest BCUT2D eigenvalue weighted by Gasteiger charge is 2.00. The first kappa shape index (κ1) is 13.1. The van der Waals surface area contributed by atoms with Crippen LogP contribution in [0, 0.1) is 6.92 Å². The third kappa shape index (κ3) is 3.59. The van der Waals surface area contributed by atoms with E-state index in [1.165, 1.54) is 11.1 Å². The van der Waals surface area contributed by atoms with E-state index in [2.05, 4.69) is 46.4 Å². The minimum Gasteiger partial charge on any atom is -0.508 e. The Labute approximate surface area is 116 Å². The highest BCUT2D eigenvalue weighted by atomic mass is 79.9. The van der Waals surface area contributed by atoms with Crippen molar-refractivity contribution >= 4 is 15.9 Å². The molecule has 0 aliphatic heterocycles. The van der Waals surface area contributed by atoms with Crippen molar-refractivity contribution in [1.29, 1.82) is 0 Å². The highest BCUT2D eigenvalue weighted by Crippen LogP contribution is 2.18. The molecule has 94 valence electrons. The molecule has 0 saturated heterocycles. The van der Waals surface area contributed by atoms with Crippen LogP contribution < -0.4 is 5.32 Å². The predicted octanol–water partition coefficient (Wildman–Crippen LogP) is 3.75. The molecule has 2 aromatic rings. The van der Waals surface area contributed by atoms with Crippen molar-refractivity contribution in [2.75, 3.05) is 0 Å². The number of halogens is 1. The lowest BCUT2D eigenvalue weighted by Crippen LogP contribution is -2.12. The minimum absolute atomic E-state index is 0.306. The van der Waals surface area contributed by atoms with Crippen LogP contribution in [0.5, 0.6) is 5.75 Å². The average Bonchev–Trinajstić information content (AvgIpc) is 2.34. The smallest absolute Gasteiger partial charge is 0.115 e. The molecule has 0 aliphatic rings. The highest BCUT2D eigenvalue weighted by molar-refractivity contribution is 9.10. The first-order chi connectivity index (χ1) is 8.65. The maximum atomic E-state index is 9.20. The number of phenols is 1. The molecule has 0 bridgehead atoms. The summed E-state index contributed by atoms with van der Waals surface area (Å²) in [5, 5.41) is 12.6. The van der Waals surface area contributed by atoms with Crippen LogP contribution in [0.1, 0.15) is 16.7 Å². The zero-order chi connectivity index (χ0) is 13.0. The van der Waals surface area contributed by atoms with E-state index in [9.17, 15) is 5.11 Å². The average molecular weight is 306 g/mol. The third-order valence-electron chi connectivity index (χ3n) is 2.79. The van der Waals surface area contributed by atoms with E-state index < -0.39 is 0 Å². The molecule has 0 unspecified atom stereocenters. The van der Waals surface area contributed by atoms with Crippen molar-refractivity contribution in [2.45, 2.75) is 20.0 Å². The molecule has 3 heteroatoms. The Morgan fingerprint density at radius 2 is 1.78 bits per heavy atom. The quantitative estimate of drug-likeness (QED) is 0.901. The standard InChI is InChI=1S/C15H16BrNO/c1-11-2-5-13(15(16)8-11)10-17-9-12-3-6-14(18)7-4-12/h2-8,17-18H,9-10H2,1H3. The Morgan fingerprint density at radius 1 is 1.06 bits per heavy atom. The van der Waals surface area contributed by atoms with Gasteiger partial charge in [0.25, 0.3) is 0 Å². The second-order valence-corrected chi connectivity index (χ2v) is 5.22. The number of phenolic OH excluding ortho intramolecular Hbond substituents is 1. The Morgan fingerprint density at radius 3 is 2.44 bits per heavy atom. The summed E-state index contributed by atoms with van der Waals surface area (Å²) in [5.74, 6) is 0.306. The number of benzene rings is 2. The first-order valence-electron chi connectivity index (χ1n) is 5.89. The summed E-state index contributed by atoms with van der Waals surface area (Å²) in [7, 11) is 0. The van der Waals surface area contributed by atoms with Crippen molar-refractivity contribution in [3.05, 3.63) is 63.6 Å². The summed E-state index contributed by atoms with van der Waals surface area (Å²) < 4.78 is 1.14. The maximum absolute atomic E-state index is 9.20. The van der Waals surface area contributed by atoms with Crippen LogP contribution in [0.3, 0.4) is 0 Å². The van der Waals surface area contributed by atoms with Gasteiger partial charge in [-0.15, -0.1) is 0 Å². The van der Waals surface area contributed by atoms with E-state index in [1.54, 1.807) is 12.1 Å². The van der Waals surface area contributed by atoms with E-state index in [0.29, 0.717) is 5.75 Å². The van der Waals surface area contributed by atoms with E-state index in [0.717, 1.165) is 23.1 Å². The van der Waals surface area contributed by atoms with Crippen LogP contribution in [0.4, 0.5) is 0 Å². The molecule has 2 rings (SSSR count). The van der Waals surface area contributed by atoms with E-state index in [1.807, 2.05) is 12.1 Å². The van der Waals surface area contributed by atoms with Crippen molar-refractivity contribution < 1.29 is 5.11 Å². The van der Waals surface area contributed by atoms with Gasteiger partial charge in [0.05, 0.1) is 0 Å². The van der Waals surface area contributed by atoms with Gasteiger partial charge in [-0.1, -0.05) is 40.2 Å². The number of hydrogen-bond donors (Lipinski definition) is 2. The van der Waals surface area contributed by atoms with Crippen LogP contribution in [-0.4, -0.2) is 5.11 Å². The maximum Gasteiger partial charge on any atom is 0.115 e. The lowest BCUT2D eigenvalue weighted by Gasteiger charge is -2.08. The fraction of sp³-hybridized carbons (Fsp3) is 0.200. The number of nitrogens with one attached hydrogen (secondary N) is 1. The summed E-state index contributed by atoms with van der Waals surface area (Å²) in [4.78, 5) is 0. The molecule has 2 nitrogen and oxygen atoms in total. The molecular formula is C15H16BrNO. The zero-order valence-electron chi connectivity index (χ0n) is 10.3. The van der Waals surface area contributed by atoms with Crippen molar-refractivity contribution in [2.24, 2.45) is 0 Å². The number of aryl methyl sites for hydroxylation is 1. The Hall–Kier alpha value is -1.32. The summed E-state index contributed by atoms with van der Waals surface area (Å²) >= 11 is 3.57. The lowest BCUT2D eigenvalue weighted by atomic mass is 10.1. The molecule has 0 saturated carbocycles. The van der Waals surface area contributed by atoms with E-state index >= 15 is 0 Å². The molecule has 0 radical (unpaired) electrons. The monoisotopic (exact) mass is 305 g/mol. The van der Waals surface area contributed by atoms with Crippen LogP contribution in [0.15, 0.2) is 46.9 Å². The first-order valence-corrected chi connectivity index (χ1v) is 6.68. The van der Waals surface area contributed by atoms with Crippen LogP contribution in [0.2, 0.25) is 0 Å². The molecule has 0 atom stereocenters. The molecule has 0 amide bonds. The van der Waals surface area contributed by atoms with Crippen LogP contribution in [0.25, 0.3) is 0 Å². The molecule has 0 fully saturated rings. The largest absolute Gasteiger partial charge is 0.508 e. The lowest BCUT2D eigenvalue weighted by molar-refractivity contribution is 0.475. The number of rotatable bonds is 4. The molecule has 0 spiro atoms. The van der Waals surface area contributed by atoms with Gasteiger partial charge in [-0.25, -0.2) is 0 Å². The molecule has 0 aromatic heterocycles. The van der Waals surface area contributed by atoms with E-state index in [4.69, 9.17) is 0 Å². The minimum atomic E-state index is 0.306. The second-order valence-electron chi connectivity index (χ2n) is 4.36. The molecule has 18 heavy (non-hydrogen) atoms. The zero-order valence-corrected chi connectivity index (χ0v) is 11.9. The fourth-order valence-corrected chi connectivity index (χ4v) is 2.38. The second kappa shape index (κ2) is 6.03. The normalized spacial score (nSPS) is 10.6. The van der Waals surface area contributed by atoms with Gasteiger partial charge in [0, 0.05) is 17.6 Å². The fourth-order valence-electron chi connectivity index (χ4n) is 1.75. The molecular weight excluding hydrogens is 290 g/mol. The predicted molar refractivity (Wildman–Crippen MR) is 77.5 cm³/mol. The van der Waals surface area contributed by atoms with Crippen molar-refractivity contribution in [3.8, 4) is 5.75 Å². The van der Waals surface area contributed by atoms with Crippen molar-refractivity contribution in [1.82, 2.24) is 5.32 Å². The van der Waals surface area contributed by atoms with Gasteiger partial charge in [-0.2, -0.15) is 0 Å². The number of aromatic hydroxyl groups is 1. The Bertz CT molecular complexity index is 523. The van der Waals surface area contributed by atoms with Gasteiger partial charge in [0.1, 0.15) is 5.75 Å².